The second-order valence-electron chi connectivity index (χ2n) is 5.27. The van der Waals surface area contributed by atoms with E-state index < -0.39 is 11.8 Å². The van der Waals surface area contributed by atoms with Gasteiger partial charge in [0, 0.05) is 22.2 Å². The summed E-state index contributed by atoms with van der Waals surface area (Å²) in [4.78, 5) is 23.8. The van der Waals surface area contributed by atoms with Crippen molar-refractivity contribution >= 4 is 33.8 Å². The quantitative estimate of drug-likeness (QED) is 0.507. The average molecular weight is 412 g/mol. The Morgan fingerprint density at radius 2 is 1.81 bits per heavy atom. The molecular formula is C19H14BrN3O3. The van der Waals surface area contributed by atoms with E-state index in [1.165, 1.54) is 12.1 Å². The minimum absolute atomic E-state index is 0.0696. The summed E-state index contributed by atoms with van der Waals surface area (Å²) in [7, 11) is 0. The van der Waals surface area contributed by atoms with E-state index in [1.807, 2.05) is 54.6 Å². The zero-order valence-electron chi connectivity index (χ0n) is 13.5. The van der Waals surface area contributed by atoms with Crippen LogP contribution in [0.25, 0.3) is 17.4 Å². The molecule has 0 aliphatic heterocycles. The summed E-state index contributed by atoms with van der Waals surface area (Å²) in [5.41, 5.74) is 6.31. The first-order valence-corrected chi connectivity index (χ1v) is 8.47. The van der Waals surface area contributed by atoms with Crippen molar-refractivity contribution in [1.82, 2.24) is 16.0 Å². The van der Waals surface area contributed by atoms with Gasteiger partial charge in [0.15, 0.2) is 11.5 Å². The van der Waals surface area contributed by atoms with Crippen molar-refractivity contribution in [2.24, 2.45) is 0 Å². The highest BCUT2D eigenvalue weighted by Crippen LogP contribution is 2.19. The summed E-state index contributed by atoms with van der Waals surface area (Å²) in [6, 6.07) is 18.3. The van der Waals surface area contributed by atoms with Crippen LogP contribution >= 0.6 is 15.9 Å². The number of amides is 2. The standard InChI is InChI=1S/C19H14BrN3O3/c20-15-8-4-5-13(11-15)9-10-18(24)21-22-19(25)16-12-17(26-23-16)14-6-2-1-3-7-14/h1-12H,(H,21,24)(H,22,25)/b10-9+. The van der Waals surface area contributed by atoms with Gasteiger partial charge in [-0.25, -0.2) is 0 Å². The van der Waals surface area contributed by atoms with Gasteiger partial charge in [0.25, 0.3) is 11.8 Å². The molecule has 0 aliphatic rings. The topological polar surface area (TPSA) is 84.2 Å². The second-order valence-corrected chi connectivity index (χ2v) is 6.19. The third kappa shape index (κ3) is 4.67. The average Bonchev–Trinajstić information content (AvgIpc) is 3.15. The molecule has 0 atom stereocenters. The van der Waals surface area contributed by atoms with E-state index in [0.717, 1.165) is 15.6 Å². The van der Waals surface area contributed by atoms with Gasteiger partial charge < -0.3 is 4.52 Å². The molecule has 26 heavy (non-hydrogen) atoms. The van der Waals surface area contributed by atoms with Crippen LogP contribution in [-0.2, 0) is 4.79 Å². The van der Waals surface area contributed by atoms with Crippen LogP contribution < -0.4 is 10.9 Å². The van der Waals surface area contributed by atoms with Crippen molar-refractivity contribution in [2.75, 3.05) is 0 Å². The molecule has 1 heterocycles. The Hall–Kier alpha value is -3.19. The molecule has 3 aromatic rings. The molecule has 7 heteroatoms. The van der Waals surface area contributed by atoms with E-state index in [1.54, 1.807) is 6.08 Å². The first-order valence-electron chi connectivity index (χ1n) is 7.68. The molecule has 6 nitrogen and oxygen atoms in total. The van der Waals surface area contributed by atoms with Gasteiger partial charge in [0.05, 0.1) is 0 Å². The van der Waals surface area contributed by atoms with Crippen molar-refractivity contribution in [3.05, 3.63) is 82.5 Å². The Labute approximate surface area is 158 Å². The van der Waals surface area contributed by atoms with E-state index >= 15 is 0 Å². The Balaban J connectivity index is 1.55. The SMILES string of the molecule is O=C(/C=C/c1cccc(Br)c1)NNC(=O)c1cc(-c2ccccc2)on1. The number of hydrogen-bond donors (Lipinski definition) is 2. The van der Waals surface area contributed by atoms with Crippen LogP contribution in [0, 0.1) is 0 Å². The van der Waals surface area contributed by atoms with Crippen LogP contribution in [0.2, 0.25) is 0 Å². The number of carbonyl (C=O) groups excluding carboxylic acids is 2. The van der Waals surface area contributed by atoms with Crippen LogP contribution in [0.5, 0.6) is 0 Å². The lowest BCUT2D eigenvalue weighted by Gasteiger charge is -2.02. The van der Waals surface area contributed by atoms with Crippen molar-refractivity contribution in [2.45, 2.75) is 0 Å². The van der Waals surface area contributed by atoms with E-state index in [-0.39, 0.29) is 5.69 Å². The van der Waals surface area contributed by atoms with Crippen LogP contribution in [0.3, 0.4) is 0 Å². The summed E-state index contributed by atoms with van der Waals surface area (Å²) in [6.45, 7) is 0. The fourth-order valence-electron chi connectivity index (χ4n) is 2.13. The zero-order valence-corrected chi connectivity index (χ0v) is 15.1. The molecule has 2 amide bonds. The normalized spacial score (nSPS) is 10.7. The number of rotatable bonds is 4. The van der Waals surface area contributed by atoms with Gasteiger partial charge in [0.2, 0.25) is 0 Å². The van der Waals surface area contributed by atoms with Gasteiger partial charge >= 0.3 is 0 Å². The van der Waals surface area contributed by atoms with Crippen LogP contribution in [-0.4, -0.2) is 17.0 Å². The molecular weight excluding hydrogens is 398 g/mol. The highest BCUT2D eigenvalue weighted by molar-refractivity contribution is 9.10. The molecule has 3 rings (SSSR count). The van der Waals surface area contributed by atoms with Crippen LogP contribution in [0.15, 0.2) is 75.7 Å². The fraction of sp³-hybridized carbons (Fsp3) is 0. The summed E-state index contributed by atoms with van der Waals surface area (Å²) < 4.78 is 6.06. The first-order chi connectivity index (χ1) is 12.6. The Morgan fingerprint density at radius 3 is 2.58 bits per heavy atom. The molecule has 0 spiro atoms. The van der Waals surface area contributed by atoms with Crippen molar-refractivity contribution in [3.8, 4) is 11.3 Å². The number of halogens is 1. The van der Waals surface area contributed by atoms with Gasteiger partial charge in [-0.05, 0) is 23.8 Å². The maximum Gasteiger partial charge on any atom is 0.291 e. The molecule has 0 aliphatic carbocycles. The van der Waals surface area contributed by atoms with E-state index in [4.69, 9.17) is 4.52 Å². The minimum Gasteiger partial charge on any atom is -0.355 e. The maximum atomic E-state index is 12.0. The minimum atomic E-state index is -0.569. The largest absolute Gasteiger partial charge is 0.355 e. The molecule has 0 bridgehead atoms. The zero-order chi connectivity index (χ0) is 18.4. The lowest BCUT2D eigenvalue weighted by atomic mass is 10.1. The predicted octanol–water partition coefficient (Wildman–Crippen LogP) is 3.58. The predicted molar refractivity (Wildman–Crippen MR) is 101 cm³/mol. The van der Waals surface area contributed by atoms with Gasteiger partial charge in [-0.15, -0.1) is 0 Å². The third-order valence-electron chi connectivity index (χ3n) is 3.38. The van der Waals surface area contributed by atoms with Crippen molar-refractivity contribution < 1.29 is 14.1 Å². The van der Waals surface area contributed by atoms with Crippen LogP contribution in [0.4, 0.5) is 0 Å². The number of aromatic nitrogens is 1. The Morgan fingerprint density at radius 1 is 1.00 bits per heavy atom. The summed E-state index contributed by atoms with van der Waals surface area (Å²) in [5, 5.41) is 3.71. The summed E-state index contributed by atoms with van der Waals surface area (Å²) in [6.07, 6.45) is 2.95. The van der Waals surface area contributed by atoms with Crippen LogP contribution in [0.1, 0.15) is 16.1 Å². The van der Waals surface area contributed by atoms with Gasteiger partial charge in [0.1, 0.15) is 0 Å². The number of carbonyl (C=O) groups is 2. The molecule has 0 unspecified atom stereocenters. The molecule has 0 fully saturated rings. The molecule has 0 saturated carbocycles. The molecule has 1 aromatic heterocycles. The van der Waals surface area contributed by atoms with Crippen molar-refractivity contribution in [3.63, 3.8) is 0 Å². The Bertz CT molecular complexity index is 951. The monoisotopic (exact) mass is 411 g/mol. The smallest absolute Gasteiger partial charge is 0.291 e. The summed E-state index contributed by atoms with van der Waals surface area (Å²) >= 11 is 3.36. The number of hydrazine groups is 1. The van der Waals surface area contributed by atoms with E-state index in [2.05, 4.69) is 31.9 Å². The summed E-state index contributed by atoms with van der Waals surface area (Å²) in [5.74, 6) is -0.568. The first kappa shape index (κ1) is 17.6. The highest BCUT2D eigenvalue weighted by Gasteiger charge is 2.13. The van der Waals surface area contributed by atoms with Gasteiger partial charge in [-0.1, -0.05) is 63.6 Å². The molecule has 2 N–H and O–H groups in total. The van der Waals surface area contributed by atoms with Gasteiger partial charge in [-0.3, -0.25) is 20.4 Å². The number of nitrogens with one attached hydrogen (secondary N) is 2. The number of benzene rings is 2. The molecule has 0 saturated heterocycles. The molecule has 130 valence electrons. The van der Waals surface area contributed by atoms with Gasteiger partial charge in [-0.2, -0.15) is 0 Å². The van der Waals surface area contributed by atoms with E-state index in [0.29, 0.717) is 5.76 Å². The molecule has 2 aromatic carbocycles. The highest BCUT2D eigenvalue weighted by atomic mass is 79.9. The number of hydrogen-bond acceptors (Lipinski definition) is 4. The van der Waals surface area contributed by atoms with Crippen molar-refractivity contribution in [1.29, 1.82) is 0 Å². The second kappa shape index (κ2) is 8.26. The maximum absolute atomic E-state index is 12.0. The Kier molecular flexibility index (Phi) is 5.60. The fourth-order valence-corrected chi connectivity index (χ4v) is 2.54. The lowest BCUT2D eigenvalue weighted by molar-refractivity contribution is -0.117. The third-order valence-corrected chi connectivity index (χ3v) is 3.87. The van der Waals surface area contributed by atoms with E-state index in [9.17, 15) is 9.59 Å². The number of nitrogens with zero attached hydrogens (tertiary/aromatic N) is 1. The lowest BCUT2D eigenvalue weighted by Crippen LogP contribution is -2.40. The molecule has 0 radical (unpaired) electrons.